The number of ether oxygens (including phenoxy) is 3. The normalized spacial score (nSPS) is 38.6. The lowest BCUT2D eigenvalue weighted by Gasteiger charge is -2.53. The van der Waals surface area contributed by atoms with E-state index in [1.165, 1.54) is 6.42 Å². The summed E-state index contributed by atoms with van der Waals surface area (Å²) in [5.41, 5.74) is 1.38. The Morgan fingerprint density at radius 2 is 2.04 bits per heavy atom. The van der Waals surface area contributed by atoms with Crippen LogP contribution in [0.5, 0.6) is 0 Å². The molecule has 0 radical (unpaired) electrons. The van der Waals surface area contributed by atoms with E-state index in [0.29, 0.717) is 19.1 Å². The van der Waals surface area contributed by atoms with Crippen molar-refractivity contribution in [2.45, 2.75) is 83.6 Å². The highest BCUT2D eigenvalue weighted by molar-refractivity contribution is 5.19. The van der Waals surface area contributed by atoms with Crippen LogP contribution in [0.4, 0.5) is 0 Å². The Labute approximate surface area is 160 Å². The Morgan fingerprint density at radius 3 is 2.78 bits per heavy atom. The summed E-state index contributed by atoms with van der Waals surface area (Å²) >= 11 is 0. The fraction of sp³-hybridized carbons (Fsp3) is 0.850. The van der Waals surface area contributed by atoms with Gasteiger partial charge in [0.1, 0.15) is 5.76 Å². The molecule has 7 nitrogen and oxygen atoms in total. The molecule has 1 aromatic rings. The van der Waals surface area contributed by atoms with E-state index in [-0.39, 0.29) is 5.92 Å². The van der Waals surface area contributed by atoms with E-state index >= 15 is 0 Å². The lowest BCUT2D eigenvalue weighted by Crippen LogP contribution is -2.63. The average molecular weight is 381 g/mol. The summed E-state index contributed by atoms with van der Waals surface area (Å²) in [5, 5.41) is 3.98. The first-order chi connectivity index (χ1) is 13.0. The minimum atomic E-state index is -0.715. The van der Waals surface area contributed by atoms with Gasteiger partial charge in [-0.15, -0.1) is 0 Å². The third kappa shape index (κ3) is 3.34. The summed E-state index contributed by atoms with van der Waals surface area (Å²) in [5.74, 6) is 0.763. The molecule has 27 heavy (non-hydrogen) atoms. The van der Waals surface area contributed by atoms with Gasteiger partial charge in [-0.05, 0) is 58.3 Å². The topological polar surface area (TPSA) is 72.2 Å². The highest BCUT2D eigenvalue weighted by Gasteiger charge is 2.63. The SMILES string of the molecule is CO[C@H]1O[C@@]2(C)CC[C@H]3CCC[C@@H](CCOCc4c(C)noc4C)[C@]31OO2. The van der Waals surface area contributed by atoms with Crippen molar-refractivity contribution in [3.05, 3.63) is 17.0 Å². The van der Waals surface area contributed by atoms with E-state index in [0.717, 1.165) is 49.1 Å². The van der Waals surface area contributed by atoms with Gasteiger partial charge >= 0.3 is 0 Å². The van der Waals surface area contributed by atoms with E-state index in [2.05, 4.69) is 5.16 Å². The molecule has 7 heteroatoms. The number of aromatic nitrogens is 1. The van der Waals surface area contributed by atoms with E-state index in [1.54, 1.807) is 7.11 Å². The Morgan fingerprint density at radius 1 is 1.19 bits per heavy atom. The molecule has 1 saturated carbocycles. The molecular weight excluding hydrogens is 350 g/mol. The minimum Gasteiger partial charge on any atom is -0.377 e. The van der Waals surface area contributed by atoms with Crippen molar-refractivity contribution in [1.82, 2.24) is 5.16 Å². The maximum absolute atomic E-state index is 6.20. The Kier molecular flexibility index (Phi) is 5.33. The molecule has 3 saturated heterocycles. The van der Waals surface area contributed by atoms with Crippen LogP contribution in [-0.2, 0) is 30.6 Å². The standard InChI is InChI=1S/C20H31NO6/c1-13-17(14(2)25-21-13)12-23-11-9-16-7-5-6-15-8-10-19(3)24-18(22-4)20(15,16)27-26-19/h15-16,18H,5-12H2,1-4H3/t15-,16+,18+,19-,20-/m1/s1. The zero-order valence-electron chi connectivity index (χ0n) is 16.8. The van der Waals surface area contributed by atoms with Crippen molar-refractivity contribution >= 4 is 0 Å². The predicted octanol–water partition coefficient (Wildman–Crippen LogP) is 3.81. The summed E-state index contributed by atoms with van der Waals surface area (Å²) < 4.78 is 23.1. The lowest BCUT2D eigenvalue weighted by atomic mass is 9.65. The quantitative estimate of drug-likeness (QED) is 0.548. The Bertz CT molecular complexity index is 643. The van der Waals surface area contributed by atoms with Crippen molar-refractivity contribution < 1.29 is 28.5 Å². The maximum atomic E-state index is 6.20. The van der Waals surface area contributed by atoms with Crippen LogP contribution < -0.4 is 0 Å². The summed E-state index contributed by atoms with van der Waals surface area (Å²) in [7, 11) is 1.70. The van der Waals surface area contributed by atoms with Crippen molar-refractivity contribution in [2.24, 2.45) is 11.8 Å². The lowest BCUT2D eigenvalue weighted by molar-refractivity contribution is -0.554. The molecule has 0 N–H and O–H groups in total. The zero-order valence-corrected chi connectivity index (χ0v) is 16.8. The van der Waals surface area contributed by atoms with Gasteiger partial charge in [0.25, 0.3) is 0 Å². The number of aryl methyl sites for hydroxylation is 2. The van der Waals surface area contributed by atoms with E-state index < -0.39 is 17.7 Å². The molecule has 1 aromatic heterocycles. The van der Waals surface area contributed by atoms with Crippen LogP contribution in [-0.4, -0.2) is 36.6 Å². The number of fused-ring (bicyclic) bond motifs is 3. The molecule has 152 valence electrons. The molecule has 1 aliphatic carbocycles. The molecule has 0 unspecified atom stereocenters. The van der Waals surface area contributed by atoms with Gasteiger partial charge in [0, 0.05) is 25.7 Å². The fourth-order valence-electron chi connectivity index (χ4n) is 5.07. The molecular formula is C20H31NO6. The van der Waals surface area contributed by atoms with Crippen molar-refractivity contribution in [1.29, 1.82) is 0 Å². The van der Waals surface area contributed by atoms with Gasteiger partial charge in [0.05, 0.1) is 12.3 Å². The molecule has 2 bridgehead atoms. The molecule has 3 aliphatic heterocycles. The first-order valence-corrected chi connectivity index (χ1v) is 10.1. The van der Waals surface area contributed by atoms with E-state index in [1.807, 2.05) is 20.8 Å². The smallest absolute Gasteiger partial charge is 0.201 e. The van der Waals surface area contributed by atoms with Gasteiger partial charge in [0.15, 0.2) is 11.9 Å². The van der Waals surface area contributed by atoms with Crippen molar-refractivity contribution in [2.75, 3.05) is 13.7 Å². The molecule has 1 spiro atoms. The number of rotatable bonds is 6. The molecule has 4 fully saturated rings. The predicted molar refractivity (Wildman–Crippen MR) is 95.5 cm³/mol. The number of nitrogens with zero attached hydrogens (tertiary/aromatic N) is 1. The molecule has 4 aliphatic rings. The van der Waals surface area contributed by atoms with Crippen molar-refractivity contribution in [3.8, 4) is 0 Å². The number of hydrogen-bond acceptors (Lipinski definition) is 7. The zero-order chi connectivity index (χ0) is 19.1. The number of hydrogen-bond donors (Lipinski definition) is 0. The average Bonchev–Trinajstić information content (AvgIpc) is 2.83. The number of methoxy groups -OCH3 is 1. The van der Waals surface area contributed by atoms with Crippen LogP contribution in [0.2, 0.25) is 0 Å². The van der Waals surface area contributed by atoms with E-state index in [4.69, 9.17) is 28.5 Å². The molecule has 4 heterocycles. The molecule has 0 amide bonds. The van der Waals surface area contributed by atoms with Gasteiger partial charge in [-0.2, -0.15) is 0 Å². The van der Waals surface area contributed by atoms with Crippen LogP contribution in [0.15, 0.2) is 4.52 Å². The molecule has 5 rings (SSSR count). The minimum absolute atomic E-state index is 0.272. The van der Waals surface area contributed by atoms with Gasteiger partial charge < -0.3 is 18.7 Å². The Balaban J connectivity index is 1.44. The van der Waals surface area contributed by atoms with Crippen LogP contribution in [0, 0.1) is 25.7 Å². The summed E-state index contributed by atoms with van der Waals surface area (Å²) in [6, 6.07) is 0. The van der Waals surface area contributed by atoms with Gasteiger partial charge in [0.2, 0.25) is 5.79 Å². The Hall–Kier alpha value is -0.990. The van der Waals surface area contributed by atoms with Gasteiger partial charge in [-0.1, -0.05) is 11.6 Å². The highest BCUT2D eigenvalue weighted by atomic mass is 17.3. The second-order valence-corrected chi connectivity index (χ2v) is 8.35. The highest BCUT2D eigenvalue weighted by Crippen LogP contribution is 2.55. The summed E-state index contributed by atoms with van der Waals surface area (Å²) in [6.07, 6.45) is 5.71. The molecule has 5 atom stereocenters. The third-order valence-corrected chi connectivity index (χ3v) is 6.67. The second-order valence-electron chi connectivity index (χ2n) is 8.35. The van der Waals surface area contributed by atoms with Crippen LogP contribution >= 0.6 is 0 Å². The van der Waals surface area contributed by atoms with Gasteiger partial charge in [-0.3, -0.25) is 0 Å². The molecule has 0 aromatic carbocycles. The van der Waals surface area contributed by atoms with Crippen LogP contribution in [0.3, 0.4) is 0 Å². The summed E-state index contributed by atoms with van der Waals surface area (Å²) in [6.45, 7) is 6.95. The fourth-order valence-corrected chi connectivity index (χ4v) is 5.07. The maximum Gasteiger partial charge on any atom is 0.201 e. The largest absolute Gasteiger partial charge is 0.377 e. The first kappa shape index (κ1) is 19.3. The van der Waals surface area contributed by atoms with Crippen LogP contribution in [0.25, 0.3) is 0 Å². The first-order valence-electron chi connectivity index (χ1n) is 10.1. The van der Waals surface area contributed by atoms with Crippen LogP contribution in [0.1, 0.15) is 62.5 Å². The monoisotopic (exact) mass is 381 g/mol. The van der Waals surface area contributed by atoms with Crippen molar-refractivity contribution in [3.63, 3.8) is 0 Å². The second kappa shape index (κ2) is 7.44. The summed E-state index contributed by atoms with van der Waals surface area (Å²) in [4.78, 5) is 11.9. The van der Waals surface area contributed by atoms with Gasteiger partial charge in [-0.25, -0.2) is 9.78 Å². The third-order valence-electron chi connectivity index (χ3n) is 6.67. The van der Waals surface area contributed by atoms with E-state index in [9.17, 15) is 0 Å².